The Kier molecular flexibility index (Phi) is 4.83. The lowest BCUT2D eigenvalue weighted by atomic mass is 9.99. The van der Waals surface area contributed by atoms with E-state index >= 15 is 0 Å². The summed E-state index contributed by atoms with van der Waals surface area (Å²) in [6, 6.07) is 4.57. The van der Waals surface area contributed by atoms with Crippen LogP contribution >= 0.6 is 11.8 Å². The van der Waals surface area contributed by atoms with E-state index in [0.29, 0.717) is 12.0 Å². The number of hydrazine groups is 1. The second-order valence-electron chi connectivity index (χ2n) is 4.54. The smallest absolute Gasteiger partial charge is 0.0482 e. The van der Waals surface area contributed by atoms with Crippen molar-refractivity contribution >= 4 is 11.8 Å². The molecule has 94 valence electrons. The number of fused-ring (bicyclic) bond motifs is 1. The number of nitrogens with two attached hydrogens (primary N) is 1. The molecule has 0 amide bonds. The van der Waals surface area contributed by atoms with Crippen molar-refractivity contribution in [2.24, 2.45) is 5.84 Å². The molecular weight excluding hydrogens is 230 g/mol. The maximum atomic E-state index is 5.70. The van der Waals surface area contributed by atoms with Crippen LogP contribution < -0.4 is 11.3 Å². The Morgan fingerprint density at radius 3 is 3.29 bits per heavy atom. The molecule has 4 heteroatoms. The van der Waals surface area contributed by atoms with Crippen LogP contribution in [0, 0.1) is 0 Å². The summed E-state index contributed by atoms with van der Waals surface area (Å²) in [5.41, 5.74) is 5.64. The lowest BCUT2D eigenvalue weighted by Gasteiger charge is -2.22. The Labute approximate surface area is 108 Å². The first kappa shape index (κ1) is 12.9. The minimum Gasteiger partial charge on any atom is -0.271 e. The normalized spacial score (nSPS) is 20.2. The number of aromatic nitrogens is 1. The molecule has 0 bridgehead atoms. The number of nitrogens with one attached hydrogen (secondary N) is 1. The molecule has 1 aliphatic rings. The summed E-state index contributed by atoms with van der Waals surface area (Å²) in [4.78, 5) is 4.53. The summed E-state index contributed by atoms with van der Waals surface area (Å²) in [5.74, 6) is 8.47. The monoisotopic (exact) mass is 251 g/mol. The molecule has 2 atom stereocenters. The molecule has 3 nitrogen and oxygen atoms in total. The second-order valence-corrected chi connectivity index (χ2v) is 5.69. The fourth-order valence-corrected chi connectivity index (χ4v) is 3.51. The van der Waals surface area contributed by atoms with Crippen molar-refractivity contribution in [1.82, 2.24) is 10.4 Å². The molecule has 0 saturated heterocycles. The minimum atomic E-state index is 0.350. The molecule has 0 spiro atoms. The SMILES string of the molecule is CCCSCC(NN)C1CCc2cccnc21. The highest BCUT2D eigenvalue weighted by Gasteiger charge is 2.30. The summed E-state index contributed by atoms with van der Waals surface area (Å²) in [5, 5.41) is 0. The first-order valence-corrected chi connectivity index (χ1v) is 7.50. The van der Waals surface area contributed by atoms with E-state index in [1.807, 2.05) is 24.0 Å². The van der Waals surface area contributed by atoms with Gasteiger partial charge in [0.1, 0.15) is 0 Å². The van der Waals surface area contributed by atoms with Crippen LogP contribution in [0.4, 0.5) is 0 Å². The van der Waals surface area contributed by atoms with Crippen LogP contribution in [0.25, 0.3) is 0 Å². The molecule has 0 fully saturated rings. The predicted molar refractivity (Wildman–Crippen MR) is 74.0 cm³/mol. The number of hydrogen-bond acceptors (Lipinski definition) is 4. The van der Waals surface area contributed by atoms with Gasteiger partial charge in [-0.05, 0) is 36.6 Å². The molecule has 17 heavy (non-hydrogen) atoms. The van der Waals surface area contributed by atoms with E-state index in [-0.39, 0.29) is 0 Å². The zero-order chi connectivity index (χ0) is 12.1. The number of nitrogens with zero attached hydrogens (tertiary/aromatic N) is 1. The van der Waals surface area contributed by atoms with Gasteiger partial charge in [0.15, 0.2) is 0 Å². The Morgan fingerprint density at radius 2 is 2.53 bits per heavy atom. The zero-order valence-electron chi connectivity index (χ0n) is 10.4. The van der Waals surface area contributed by atoms with Crippen molar-refractivity contribution < 1.29 is 0 Å². The molecular formula is C13H21N3S. The van der Waals surface area contributed by atoms with Crippen LogP contribution in [-0.2, 0) is 6.42 Å². The first-order chi connectivity index (χ1) is 8.36. The standard InChI is InChI=1S/C13H21N3S/c1-2-8-17-9-12(16-14)11-6-5-10-4-3-7-15-13(10)11/h3-4,7,11-12,16H,2,5-6,8-9,14H2,1H3. The average molecular weight is 251 g/mol. The van der Waals surface area contributed by atoms with Gasteiger partial charge >= 0.3 is 0 Å². The van der Waals surface area contributed by atoms with Crippen molar-refractivity contribution in [2.75, 3.05) is 11.5 Å². The Morgan fingerprint density at radius 1 is 1.65 bits per heavy atom. The molecule has 1 heterocycles. The molecule has 1 aromatic rings. The summed E-state index contributed by atoms with van der Waals surface area (Å²) in [6.45, 7) is 2.21. The van der Waals surface area contributed by atoms with Gasteiger partial charge in [0.2, 0.25) is 0 Å². The lowest BCUT2D eigenvalue weighted by molar-refractivity contribution is 0.468. The number of pyridine rings is 1. The van der Waals surface area contributed by atoms with Crippen LogP contribution in [0.15, 0.2) is 18.3 Å². The van der Waals surface area contributed by atoms with Crippen LogP contribution in [0.2, 0.25) is 0 Å². The van der Waals surface area contributed by atoms with E-state index < -0.39 is 0 Å². The van der Waals surface area contributed by atoms with Crippen LogP contribution in [0.5, 0.6) is 0 Å². The number of aryl methyl sites for hydroxylation is 1. The highest BCUT2D eigenvalue weighted by atomic mass is 32.2. The molecule has 2 unspecified atom stereocenters. The van der Waals surface area contributed by atoms with Gasteiger partial charge < -0.3 is 0 Å². The van der Waals surface area contributed by atoms with Gasteiger partial charge in [-0.1, -0.05) is 13.0 Å². The number of thioether (sulfide) groups is 1. The largest absolute Gasteiger partial charge is 0.271 e. The van der Waals surface area contributed by atoms with Gasteiger partial charge in [-0.2, -0.15) is 11.8 Å². The van der Waals surface area contributed by atoms with E-state index in [1.54, 1.807) is 0 Å². The Hall–Kier alpha value is -0.580. The van der Waals surface area contributed by atoms with Gasteiger partial charge in [-0.15, -0.1) is 0 Å². The number of rotatable bonds is 6. The average Bonchev–Trinajstić information content (AvgIpc) is 2.79. The quantitative estimate of drug-likeness (QED) is 0.462. The van der Waals surface area contributed by atoms with Gasteiger partial charge in [-0.3, -0.25) is 16.3 Å². The fourth-order valence-electron chi connectivity index (χ4n) is 2.47. The van der Waals surface area contributed by atoms with E-state index in [2.05, 4.69) is 23.4 Å². The topological polar surface area (TPSA) is 50.9 Å². The predicted octanol–water partition coefficient (Wildman–Crippen LogP) is 2.09. The Bertz CT molecular complexity index is 356. The van der Waals surface area contributed by atoms with Crippen molar-refractivity contribution in [1.29, 1.82) is 0 Å². The maximum Gasteiger partial charge on any atom is 0.0482 e. The van der Waals surface area contributed by atoms with Gasteiger partial charge in [-0.25, -0.2) is 0 Å². The van der Waals surface area contributed by atoms with Crippen LogP contribution in [0.1, 0.15) is 36.9 Å². The molecule has 0 saturated carbocycles. The molecule has 1 aromatic heterocycles. The molecule has 1 aliphatic carbocycles. The highest BCUT2D eigenvalue weighted by molar-refractivity contribution is 7.99. The van der Waals surface area contributed by atoms with E-state index in [9.17, 15) is 0 Å². The Balaban J connectivity index is 2.01. The number of hydrogen-bond donors (Lipinski definition) is 2. The lowest BCUT2D eigenvalue weighted by Crippen LogP contribution is -2.41. The molecule has 3 N–H and O–H groups in total. The van der Waals surface area contributed by atoms with E-state index in [4.69, 9.17) is 5.84 Å². The molecule has 0 aliphatic heterocycles. The summed E-state index contributed by atoms with van der Waals surface area (Å²) >= 11 is 1.98. The van der Waals surface area contributed by atoms with Crippen molar-refractivity contribution in [3.8, 4) is 0 Å². The van der Waals surface area contributed by atoms with Gasteiger partial charge in [0.25, 0.3) is 0 Å². The molecule has 0 aromatic carbocycles. The third kappa shape index (κ3) is 3.00. The summed E-state index contributed by atoms with van der Waals surface area (Å²) < 4.78 is 0. The maximum absolute atomic E-state index is 5.70. The first-order valence-electron chi connectivity index (χ1n) is 6.34. The van der Waals surface area contributed by atoms with Crippen LogP contribution in [-0.4, -0.2) is 22.5 Å². The van der Waals surface area contributed by atoms with E-state index in [0.717, 1.165) is 12.2 Å². The summed E-state index contributed by atoms with van der Waals surface area (Å²) in [7, 11) is 0. The van der Waals surface area contributed by atoms with Crippen molar-refractivity contribution in [3.63, 3.8) is 0 Å². The van der Waals surface area contributed by atoms with Gasteiger partial charge in [0, 0.05) is 29.6 Å². The van der Waals surface area contributed by atoms with Crippen molar-refractivity contribution in [2.45, 2.75) is 38.1 Å². The third-order valence-corrected chi connectivity index (χ3v) is 4.64. The van der Waals surface area contributed by atoms with Crippen LogP contribution in [0.3, 0.4) is 0 Å². The summed E-state index contributed by atoms with van der Waals surface area (Å²) in [6.07, 6.45) is 5.43. The van der Waals surface area contributed by atoms with Gasteiger partial charge in [0.05, 0.1) is 0 Å². The van der Waals surface area contributed by atoms with Crippen molar-refractivity contribution in [3.05, 3.63) is 29.6 Å². The molecule has 2 rings (SSSR count). The zero-order valence-corrected chi connectivity index (χ0v) is 11.2. The molecule has 0 radical (unpaired) electrons. The van der Waals surface area contributed by atoms with E-state index in [1.165, 1.54) is 29.9 Å². The minimum absolute atomic E-state index is 0.350. The highest BCUT2D eigenvalue weighted by Crippen LogP contribution is 2.34. The fraction of sp³-hybridized carbons (Fsp3) is 0.615. The second kappa shape index (κ2) is 6.38. The third-order valence-electron chi connectivity index (χ3n) is 3.35.